The number of pyridine rings is 1. The van der Waals surface area contributed by atoms with Gasteiger partial charge in [-0.3, -0.25) is 4.21 Å². The molecule has 1 atom stereocenters. The zero-order valence-electron chi connectivity index (χ0n) is 8.60. The van der Waals surface area contributed by atoms with Crippen LogP contribution < -0.4 is 5.32 Å². The third-order valence-electron chi connectivity index (χ3n) is 1.83. The summed E-state index contributed by atoms with van der Waals surface area (Å²) in [5.41, 5.74) is 0. The van der Waals surface area contributed by atoms with Gasteiger partial charge in [0.15, 0.2) is 17.5 Å². The first kappa shape index (κ1) is 13.0. The Bertz CT molecular complexity index is 401. The van der Waals surface area contributed by atoms with Gasteiger partial charge < -0.3 is 5.32 Å². The molecule has 3 nitrogen and oxygen atoms in total. The van der Waals surface area contributed by atoms with Gasteiger partial charge in [0.1, 0.15) is 0 Å². The molecule has 0 saturated carbocycles. The lowest BCUT2D eigenvalue weighted by Gasteiger charge is -2.06. The van der Waals surface area contributed by atoms with Crippen LogP contribution in [0.15, 0.2) is 6.07 Å². The molecule has 0 fully saturated rings. The molecule has 0 bridgehead atoms. The molecule has 1 N–H and O–H groups in total. The Morgan fingerprint density at radius 1 is 1.38 bits per heavy atom. The van der Waals surface area contributed by atoms with Crippen LogP contribution in [0.4, 0.5) is 19.0 Å². The van der Waals surface area contributed by atoms with Crippen molar-refractivity contribution >= 4 is 16.6 Å². The van der Waals surface area contributed by atoms with E-state index in [0.29, 0.717) is 17.6 Å². The van der Waals surface area contributed by atoms with Crippen LogP contribution in [-0.2, 0) is 10.8 Å². The quantitative estimate of drug-likeness (QED) is 0.811. The SMILES string of the molecule is CCS(=O)CCNc1nc(F)c(F)cc1F. The van der Waals surface area contributed by atoms with Crippen LogP contribution >= 0.6 is 0 Å². The smallest absolute Gasteiger partial charge is 0.251 e. The van der Waals surface area contributed by atoms with Gasteiger partial charge in [0.2, 0.25) is 0 Å². The Morgan fingerprint density at radius 3 is 2.69 bits per heavy atom. The molecule has 1 unspecified atom stereocenters. The molecule has 0 aliphatic heterocycles. The summed E-state index contributed by atoms with van der Waals surface area (Å²) >= 11 is 0. The highest BCUT2D eigenvalue weighted by molar-refractivity contribution is 7.84. The minimum atomic E-state index is -1.36. The van der Waals surface area contributed by atoms with Crippen LogP contribution in [0, 0.1) is 17.6 Å². The van der Waals surface area contributed by atoms with E-state index in [2.05, 4.69) is 10.3 Å². The number of hydrogen-bond donors (Lipinski definition) is 1. The molecule has 0 aromatic carbocycles. The maximum atomic E-state index is 13.0. The molecule has 0 spiro atoms. The van der Waals surface area contributed by atoms with E-state index in [-0.39, 0.29) is 12.4 Å². The summed E-state index contributed by atoms with van der Waals surface area (Å²) < 4.78 is 49.2. The lowest BCUT2D eigenvalue weighted by Crippen LogP contribution is -2.14. The van der Waals surface area contributed by atoms with Gasteiger partial charge in [-0.1, -0.05) is 6.92 Å². The Hall–Kier alpha value is -1.11. The molecule has 1 aromatic heterocycles. The van der Waals surface area contributed by atoms with Gasteiger partial charge in [-0.05, 0) is 0 Å². The van der Waals surface area contributed by atoms with Crippen molar-refractivity contribution in [3.63, 3.8) is 0 Å². The summed E-state index contributed by atoms with van der Waals surface area (Å²) in [4.78, 5) is 3.07. The fourth-order valence-corrected chi connectivity index (χ4v) is 1.61. The van der Waals surface area contributed by atoms with Gasteiger partial charge in [-0.15, -0.1) is 0 Å². The second kappa shape index (κ2) is 5.83. The topological polar surface area (TPSA) is 42.0 Å². The summed E-state index contributed by atoms with van der Waals surface area (Å²) in [6, 6.07) is 0.418. The molecule has 0 saturated heterocycles. The van der Waals surface area contributed by atoms with E-state index >= 15 is 0 Å². The van der Waals surface area contributed by atoms with Crippen LogP contribution in [0.1, 0.15) is 6.92 Å². The van der Waals surface area contributed by atoms with Crippen molar-refractivity contribution < 1.29 is 17.4 Å². The molecular weight excluding hydrogens is 241 g/mol. The Kier molecular flexibility index (Phi) is 4.72. The first-order chi connectivity index (χ1) is 7.54. The number of nitrogens with zero attached hydrogens (tertiary/aromatic N) is 1. The molecule has 0 aliphatic carbocycles. The average Bonchev–Trinajstić information content (AvgIpc) is 2.25. The van der Waals surface area contributed by atoms with E-state index in [1.54, 1.807) is 6.92 Å². The average molecular weight is 252 g/mol. The van der Waals surface area contributed by atoms with E-state index in [1.165, 1.54) is 0 Å². The highest BCUT2D eigenvalue weighted by Crippen LogP contribution is 2.13. The largest absolute Gasteiger partial charge is 0.367 e. The maximum Gasteiger partial charge on any atom is 0.251 e. The summed E-state index contributed by atoms with van der Waals surface area (Å²) in [5, 5.41) is 2.46. The number of nitrogens with one attached hydrogen (secondary N) is 1. The number of aromatic nitrogens is 1. The normalized spacial score (nSPS) is 12.5. The second-order valence-corrected chi connectivity index (χ2v) is 4.82. The molecule has 16 heavy (non-hydrogen) atoms. The molecule has 0 radical (unpaired) electrons. The summed E-state index contributed by atoms with van der Waals surface area (Å²) in [6.07, 6.45) is 0. The van der Waals surface area contributed by atoms with Crippen LogP contribution in [0.5, 0.6) is 0 Å². The first-order valence-corrected chi connectivity index (χ1v) is 6.13. The van der Waals surface area contributed by atoms with E-state index in [0.717, 1.165) is 0 Å². The summed E-state index contributed by atoms with van der Waals surface area (Å²) in [5.74, 6) is -3.24. The number of halogens is 3. The highest BCUT2D eigenvalue weighted by atomic mass is 32.2. The Labute approximate surface area is 93.5 Å². The highest BCUT2D eigenvalue weighted by Gasteiger charge is 2.11. The van der Waals surface area contributed by atoms with Crippen molar-refractivity contribution in [1.29, 1.82) is 0 Å². The van der Waals surface area contributed by atoms with Crippen molar-refractivity contribution in [3.8, 4) is 0 Å². The Balaban J connectivity index is 2.60. The summed E-state index contributed by atoms with van der Waals surface area (Å²) in [6.45, 7) is 1.95. The fourth-order valence-electron chi connectivity index (χ4n) is 0.996. The minimum Gasteiger partial charge on any atom is -0.367 e. The van der Waals surface area contributed by atoms with Crippen molar-refractivity contribution in [2.24, 2.45) is 0 Å². The van der Waals surface area contributed by atoms with Crippen LogP contribution in [0.25, 0.3) is 0 Å². The van der Waals surface area contributed by atoms with Gasteiger partial charge >= 0.3 is 0 Å². The van der Waals surface area contributed by atoms with Crippen molar-refractivity contribution in [3.05, 3.63) is 23.6 Å². The maximum absolute atomic E-state index is 13.0. The molecule has 90 valence electrons. The van der Waals surface area contributed by atoms with E-state index < -0.39 is 28.4 Å². The molecule has 0 aliphatic rings. The van der Waals surface area contributed by atoms with Crippen LogP contribution in [0.3, 0.4) is 0 Å². The van der Waals surface area contributed by atoms with Gasteiger partial charge in [0.25, 0.3) is 5.95 Å². The fraction of sp³-hybridized carbons (Fsp3) is 0.444. The monoisotopic (exact) mass is 252 g/mol. The zero-order chi connectivity index (χ0) is 12.1. The standard InChI is InChI=1S/C9H11F3N2OS/c1-2-16(15)4-3-13-9-7(11)5-6(10)8(12)14-9/h5H,2-4H2,1H3,(H,13,14). The zero-order valence-corrected chi connectivity index (χ0v) is 9.41. The van der Waals surface area contributed by atoms with Crippen molar-refractivity contribution in [2.45, 2.75) is 6.92 Å². The van der Waals surface area contributed by atoms with Gasteiger partial charge in [-0.2, -0.15) is 9.37 Å². The first-order valence-electron chi connectivity index (χ1n) is 4.65. The lowest BCUT2D eigenvalue weighted by molar-refractivity contribution is 0.466. The predicted octanol–water partition coefficient (Wildman–Crippen LogP) is 1.68. The van der Waals surface area contributed by atoms with E-state index in [9.17, 15) is 17.4 Å². The van der Waals surface area contributed by atoms with Crippen molar-refractivity contribution in [1.82, 2.24) is 4.98 Å². The number of hydrogen-bond acceptors (Lipinski definition) is 3. The third-order valence-corrected chi connectivity index (χ3v) is 3.13. The number of rotatable bonds is 5. The number of anilines is 1. The molecule has 7 heteroatoms. The summed E-state index contributed by atoms with van der Waals surface area (Å²) in [7, 11) is -0.998. The van der Waals surface area contributed by atoms with E-state index in [1.807, 2.05) is 0 Å². The predicted molar refractivity (Wildman–Crippen MR) is 56.2 cm³/mol. The molecule has 1 heterocycles. The lowest BCUT2D eigenvalue weighted by atomic mass is 10.4. The second-order valence-electron chi connectivity index (χ2n) is 2.95. The van der Waals surface area contributed by atoms with Gasteiger partial charge in [-0.25, -0.2) is 8.78 Å². The third kappa shape index (κ3) is 3.48. The van der Waals surface area contributed by atoms with Crippen LogP contribution in [0.2, 0.25) is 0 Å². The van der Waals surface area contributed by atoms with Gasteiger partial charge in [0, 0.05) is 34.9 Å². The van der Waals surface area contributed by atoms with Gasteiger partial charge in [0.05, 0.1) is 0 Å². The molecule has 1 rings (SSSR count). The minimum absolute atomic E-state index is 0.190. The Morgan fingerprint density at radius 2 is 2.06 bits per heavy atom. The molecule has 0 amide bonds. The molecular formula is C9H11F3N2OS. The van der Waals surface area contributed by atoms with E-state index in [4.69, 9.17) is 0 Å². The molecule has 1 aromatic rings. The van der Waals surface area contributed by atoms with Crippen LogP contribution in [-0.4, -0.2) is 27.2 Å². The van der Waals surface area contributed by atoms with Crippen molar-refractivity contribution in [2.75, 3.05) is 23.4 Å².